The van der Waals surface area contributed by atoms with Gasteiger partial charge in [0.25, 0.3) is 0 Å². The van der Waals surface area contributed by atoms with Crippen molar-refractivity contribution >= 4 is 11.6 Å². The molecular weight excluding hydrogens is 230 g/mol. The quantitative estimate of drug-likeness (QED) is 0.613. The molecule has 1 amide bonds. The highest BCUT2D eigenvalue weighted by Crippen LogP contribution is 2.22. The lowest BCUT2D eigenvalue weighted by molar-refractivity contribution is -0.150. The van der Waals surface area contributed by atoms with E-state index in [0.29, 0.717) is 0 Å². The van der Waals surface area contributed by atoms with Crippen molar-refractivity contribution in [3.05, 3.63) is 24.0 Å². The van der Waals surface area contributed by atoms with Crippen molar-refractivity contribution in [3.63, 3.8) is 0 Å². The van der Waals surface area contributed by atoms with Gasteiger partial charge in [-0.15, -0.1) is 0 Å². The topological polar surface area (TPSA) is 49.3 Å². The number of phenolic OH excluding ortho intramolecular Hbond substituents is 1. The van der Waals surface area contributed by atoms with E-state index >= 15 is 0 Å². The molecule has 0 aromatic heterocycles. The lowest BCUT2D eigenvalue weighted by Gasteiger charge is -2.07. The van der Waals surface area contributed by atoms with Gasteiger partial charge >= 0.3 is 6.18 Å². The average Bonchev–Trinajstić information content (AvgIpc) is 2.08. The summed E-state index contributed by atoms with van der Waals surface area (Å²) < 4.78 is 48.1. The van der Waals surface area contributed by atoms with Crippen molar-refractivity contribution in [3.8, 4) is 5.75 Å². The van der Waals surface area contributed by atoms with Crippen LogP contribution < -0.4 is 5.32 Å². The molecule has 7 heteroatoms. The largest absolute Gasteiger partial charge is 0.505 e. The van der Waals surface area contributed by atoms with E-state index in [1.165, 1.54) is 0 Å². The number of alkyl halides is 3. The maximum absolute atomic E-state index is 12.7. The van der Waals surface area contributed by atoms with E-state index < -0.39 is 30.1 Å². The minimum absolute atomic E-state index is 0.149. The molecule has 0 saturated heterocycles. The molecule has 0 bridgehead atoms. The Bertz CT molecular complexity index is 403. The van der Waals surface area contributed by atoms with Gasteiger partial charge in [-0.3, -0.25) is 4.79 Å². The summed E-state index contributed by atoms with van der Waals surface area (Å²) in [6.07, 6.45) is -6.25. The summed E-state index contributed by atoms with van der Waals surface area (Å²) in [5.41, 5.74) is -0.149. The number of hydrogen-bond donors (Lipinski definition) is 2. The third-order valence-electron chi connectivity index (χ3n) is 1.59. The lowest BCUT2D eigenvalue weighted by atomic mass is 10.2. The van der Waals surface area contributed by atoms with E-state index in [9.17, 15) is 22.4 Å². The number of carbonyl (C=O) groups excluding carboxylic acids is 1. The van der Waals surface area contributed by atoms with Gasteiger partial charge in [-0.05, 0) is 12.1 Å². The Morgan fingerprint density at radius 3 is 2.50 bits per heavy atom. The predicted octanol–water partition coefficient (Wildman–Crippen LogP) is 2.42. The molecule has 0 aliphatic rings. The fourth-order valence-corrected chi connectivity index (χ4v) is 0.972. The normalized spacial score (nSPS) is 11.2. The molecule has 3 nitrogen and oxygen atoms in total. The number of carbonyl (C=O) groups is 1. The summed E-state index contributed by atoms with van der Waals surface area (Å²) in [6, 6.07) is 2.74. The van der Waals surface area contributed by atoms with Crippen molar-refractivity contribution in [2.24, 2.45) is 0 Å². The lowest BCUT2D eigenvalue weighted by Crippen LogP contribution is -2.21. The van der Waals surface area contributed by atoms with Crippen LogP contribution in [0.25, 0.3) is 0 Å². The Morgan fingerprint density at radius 2 is 2.00 bits per heavy atom. The maximum atomic E-state index is 12.7. The van der Waals surface area contributed by atoms with Crippen LogP contribution in [0.4, 0.5) is 23.2 Å². The van der Waals surface area contributed by atoms with E-state index in [-0.39, 0.29) is 5.69 Å². The number of anilines is 1. The van der Waals surface area contributed by atoms with E-state index in [1.54, 1.807) is 0 Å². The van der Waals surface area contributed by atoms with Crippen LogP contribution in [0.2, 0.25) is 0 Å². The predicted molar refractivity (Wildman–Crippen MR) is 47.4 cm³/mol. The average molecular weight is 237 g/mol. The fraction of sp³-hybridized carbons (Fsp3) is 0.222. The minimum Gasteiger partial charge on any atom is -0.505 e. The van der Waals surface area contributed by atoms with E-state index in [2.05, 4.69) is 0 Å². The summed E-state index contributed by atoms with van der Waals surface area (Å²) in [7, 11) is 0. The van der Waals surface area contributed by atoms with Crippen LogP contribution >= 0.6 is 0 Å². The van der Waals surface area contributed by atoms with Gasteiger partial charge in [0.2, 0.25) is 5.91 Å². The highest BCUT2D eigenvalue weighted by molar-refractivity contribution is 5.91. The molecule has 2 N–H and O–H groups in total. The Balaban J connectivity index is 2.67. The summed E-state index contributed by atoms with van der Waals surface area (Å²) in [4.78, 5) is 10.8. The van der Waals surface area contributed by atoms with Crippen molar-refractivity contribution in [2.45, 2.75) is 12.6 Å². The summed E-state index contributed by atoms with van der Waals surface area (Å²) in [5, 5.41) is 10.7. The van der Waals surface area contributed by atoms with Crippen LogP contribution in [-0.4, -0.2) is 17.2 Å². The van der Waals surface area contributed by atoms with Crippen LogP contribution in [0.5, 0.6) is 5.75 Å². The SMILES string of the molecule is O=C(CC(F)(F)F)Nc1ccc(O)c(F)c1. The number of amides is 1. The molecule has 1 aromatic rings. The summed E-state index contributed by atoms with van der Waals surface area (Å²) in [5.74, 6) is -2.96. The van der Waals surface area contributed by atoms with Crippen molar-refractivity contribution in [1.82, 2.24) is 0 Å². The van der Waals surface area contributed by atoms with Gasteiger partial charge in [0.15, 0.2) is 11.6 Å². The zero-order valence-corrected chi connectivity index (χ0v) is 7.81. The molecule has 0 aliphatic carbocycles. The zero-order valence-electron chi connectivity index (χ0n) is 7.81. The Labute approximate surface area is 87.7 Å². The summed E-state index contributed by atoms with van der Waals surface area (Å²) in [6.45, 7) is 0. The Kier molecular flexibility index (Phi) is 3.36. The molecule has 88 valence electrons. The van der Waals surface area contributed by atoms with Gasteiger partial charge in [-0.2, -0.15) is 13.2 Å². The molecule has 1 aromatic carbocycles. The Hall–Kier alpha value is -1.79. The number of hydrogen-bond acceptors (Lipinski definition) is 2. The molecule has 0 unspecified atom stereocenters. The van der Waals surface area contributed by atoms with Crippen LogP contribution in [0.3, 0.4) is 0 Å². The first-order chi connectivity index (χ1) is 7.28. The maximum Gasteiger partial charge on any atom is 0.397 e. The second kappa shape index (κ2) is 4.38. The molecule has 1 rings (SSSR count). The third kappa shape index (κ3) is 3.76. The number of aromatic hydroxyl groups is 1. The van der Waals surface area contributed by atoms with Gasteiger partial charge < -0.3 is 10.4 Å². The first-order valence-corrected chi connectivity index (χ1v) is 4.13. The number of halogens is 4. The fourth-order valence-electron chi connectivity index (χ4n) is 0.972. The molecule has 16 heavy (non-hydrogen) atoms. The number of phenols is 1. The van der Waals surface area contributed by atoms with Gasteiger partial charge in [0.05, 0.1) is 0 Å². The van der Waals surface area contributed by atoms with Crippen LogP contribution in [0.15, 0.2) is 18.2 Å². The van der Waals surface area contributed by atoms with Crippen molar-refractivity contribution < 1.29 is 27.5 Å². The van der Waals surface area contributed by atoms with E-state index in [0.717, 1.165) is 18.2 Å². The second-order valence-corrected chi connectivity index (χ2v) is 3.01. The van der Waals surface area contributed by atoms with Crippen molar-refractivity contribution in [1.29, 1.82) is 0 Å². The minimum atomic E-state index is -4.61. The molecule has 0 aliphatic heterocycles. The highest BCUT2D eigenvalue weighted by atomic mass is 19.4. The number of nitrogens with one attached hydrogen (secondary N) is 1. The molecule has 0 heterocycles. The van der Waals surface area contributed by atoms with Gasteiger partial charge in [-0.1, -0.05) is 0 Å². The van der Waals surface area contributed by atoms with Gasteiger partial charge in [0, 0.05) is 11.8 Å². The molecular formula is C9H7F4NO2. The molecule has 0 saturated carbocycles. The van der Waals surface area contributed by atoms with Crippen LogP contribution in [0, 0.1) is 5.82 Å². The molecule has 0 spiro atoms. The first kappa shape index (κ1) is 12.3. The third-order valence-corrected chi connectivity index (χ3v) is 1.59. The smallest absolute Gasteiger partial charge is 0.397 e. The van der Waals surface area contributed by atoms with Crippen molar-refractivity contribution in [2.75, 3.05) is 5.32 Å². The number of benzene rings is 1. The Morgan fingerprint density at radius 1 is 1.38 bits per heavy atom. The monoisotopic (exact) mass is 237 g/mol. The second-order valence-electron chi connectivity index (χ2n) is 3.01. The van der Waals surface area contributed by atoms with Gasteiger partial charge in [0.1, 0.15) is 6.42 Å². The molecule has 0 fully saturated rings. The standard InChI is InChI=1S/C9H7F4NO2/c10-6-3-5(1-2-7(6)15)14-8(16)4-9(11,12)13/h1-3,15H,4H2,(H,14,16). The van der Waals surface area contributed by atoms with Gasteiger partial charge in [-0.25, -0.2) is 4.39 Å². The highest BCUT2D eigenvalue weighted by Gasteiger charge is 2.31. The van der Waals surface area contributed by atoms with E-state index in [1.807, 2.05) is 5.32 Å². The number of rotatable bonds is 2. The zero-order chi connectivity index (χ0) is 12.3. The summed E-state index contributed by atoms with van der Waals surface area (Å²) >= 11 is 0. The van der Waals surface area contributed by atoms with Crippen LogP contribution in [-0.2, 0) is 4.79 Å². The van der Waals surface area contributed by atoms with Crippen LogP contribution in [0.1, 0.15) is 6.42 Å². The molecule has 0 radical (unpaired) electrons. The van der Waals surface area contributed by atoms with E-state index in [4.69, 9.17) is 5.11 Å². The molecule has 0 atom stereocenters. The first-order valence-electron chi connectivity index (χ1n) is 4.13.